The minimum absolute atomic E-state index is 0.110. The highest BCUT2D eigenvalue weighted by molar-refractivity contribution is 5.95. The summed E-state index contributed by atoms with van der Waals surface area (Å²) in [6.45, 7) is 5.32. The van der Waals surface area contributed by atoms with Gasteiger partial charge >= 0.3 is 6.03 Å². The summed E-state index contributed by atoms with van der Waals surface area (Å²) in [6.07, 6.45) is 1.84. The van der Waals surface area contributed by atoms with Crippen LogP contribution in [0, 0.1) is 34.5 Å². The third-order valence-electron chi connectivity index (χ3n) is 5.23. The molecule has 0 aromatic heterocycles. The van der Waals surface area contributed by atoms with Crippen LogP contribution in [0.15, 0.2) is 53.5 Å². The van der Waals surface area contributed by atoms with E-state index in [1.807, 2.05) is 24.9 Å². The Kier molecular flexibility index (Phi) is 7.25. The van der Waals surface area contributed by atoms with Crippen molar-refractivity contribution in [2.24, 2.45) is 10.9 Å². The number of nitriles is 2. The number of piperazine rings is 1. The Bertz CT molecular complexity index is 1090. The molecule has 1 saturated heterocycles. The Balaban J connectivity index is 1.75. The maximum absolute atomic E-state index is 13.4. The Hall–Kier alpha value is -4.11. The number of carbonyl (C=O) groups is 1. The fourth-order valence-corrected chi connectivity index (χ4v) is 3.60. The molecule has 1 fully saturated rings. The molecule has 0 saturated carbocycles. The van der Waals surface area contributed by atoms with Crippen LogP contribution in [0.1, 0.15) is 19.4 Å². The van der Waals surface area contributed by atoms with E-state index in [1.54, 1.807) is 35.2 Å². The van der Waals surface area contributed by atoms with Crippen LogP contribution in [0.2, 0.25) is 0 Å². The number of nitrogens with zero attached hydrogens (tertiary/aromatic N) is 5. The Morgan fingerprint density at radius 3 is 2.50 bits per heavy atom. The van der Waals surface area contributed by atoms with Crippen molar-refractivity contribution in [2.45, 2.75) is 19.9 Å². The Morgan fingerprint density at radius 2 is 1.84 bits per heavy atom. The second-order valence-electron chi connectivity index (χ2n) is 7.74. The molecule has 164 valence electrons. The van der Waals surface area contributed by atoms with Crippen LogP contribution in [0.3, 0.4) is 0 Å². The van der Waals surface area contributed by atoms with Crippen LogP contribution in [0.4, 0.5) is 20.6 Å². The number of carbonyl (C=O) groups excluding carboxylic acids is 1. The molecule has 3 rings (SSSR count). The van der Waals surface area contributed by atoms with Crippen molar-refractivity contribution in [1.82, 2.24) is 9.80 Å². The highest BCUT2D eigenvalue weighted by atomic mass is 19.1. The number of benzene rings is 2. The number of guanidine groups is 1. The molecule has 9 heteroatoms. The van der Waals surface area contributed by atoms with Gasteiger partial charge in [0.15, 0.2) is 0 Å². The lowest BCUT2D eigenvalue weighted by Gasteiger charge is -2.44. The van der Waals surface area contributed by atoms with E-state index in [2.05, 4.69) is 21.7 Å². The van der Waals surface area contributed by atoms with E-state index in [0.29, 0.717) is 42.5 Å². The molecule has 2 aromatic rings. The molecule has 32 heavy (non-hydrogen) atoms. The highest BCUT2D eigenvalue weighted by Crippen LogP contribution is 2.21. The number of nitrogens with one attached hydrogen (secondary N) is 2. The predicted octanol–water partition coefficient (Wildman–Crippen LogP) is 3.82. The first-order chi connectivity index (χ1) is 15.4. The van der Waals surface area contributed by atoms with Crippen molar-refractivity contribution in [3.63, 3.8) is 0 Å². The lowest BCUT2D eigenvalue weighted by Crippen LogP contribution is -2.60. The van der Waals surface area contributed by atoms with Crippen LogP contribution in [0.25, 0.3) is 0 Å². The number of hydrogen-bond acceptors (Lipinski definition) is 4. The van der Waals surface area contributed by atoms with Crippen LogP contribution < -0.4 is 10.6 Å². The van der Waals surface area contributed by atoms with Gasteiger partial charge in [-0.1, -0.05) is 26.0 Å². The van der Waals surface area contributed by atoms with Gasteiger partial charge in [-0.2, -0.15) is 10.5 Å². The third-order valence-corrected chi connectivity index (χ3v) is 5.23. The van der Waals surface area contributed by atoms with Crippen LogP contribution in [-0.4, -0.2) is 47.5 Å². The Morgan fingerprint density at radius 1 is 1.12 bits per heavy atom. The predicted molar refractivity (Wildman–Crippen MR) is 120 cm³/mol. The van der Waals surface area contributed by atoms with Crippen molar-refractivity contribution < 1.29 is 9.18 Å². The number of rotatable bonds is 3. The van der Waals surface area contributed by atoms with Gasteiger partial charge in [-0.15, -0.1) is 4.99 Å². The van der Waals surface area contributed by atoms with Gasteiger partial charge in [0.1, 0.15) is 5.82 Å². The number of anilines is 2. The standard InChI is InChI=1S/C23H24FN7O/c1-16(2)21-14-30(23(32)29-20-8-4-6-18(24)12-20)9-10-31(21)22(27-15-26)28-19-7-3-5-17(11-19)13-25/h3-8,11-12,16,21H,9-10,14H2,1-2H3,(H,27,28)(H,29,32). The van der Waals surface area contributed by atoms with E-state index in [1.165, 1.54) is 18.2 Å². The lowest BCUT2D eigenvalue weighted by atomic mass is 10.00. The lowest BCUT2D eigenvalue weighted by molar-refractivity contribution is 0.120. The van der Waals surface area contributed by atoms with E-state index in [0.717, 1.165) is 0 Å². The third kappa shape index (κ3) is 5.52. The monoisotopic (exact) mass is 433 g/mol. The van der Waals surface area contributed by atoms with E-state index in [-0.39, 0.29) is 18.0 Å². The summed E-state index contributed by atoms with van der Waals surface area (Å²) in [5.74, 6) is 0.0963. The summed E-state index contributed by atoms with van der Waals surface area (Å²) in [5.41, 5.74) is 1.53. The van der Waals surface area contributed by atoms with Gasteiger partial charge in [0.05, 0.1) is 17.7 Å². The van der Waals surface area contributed by atoms with Crippen molar-refractivity contribution in [3.05, 3.63) is 59.9 Å². The molecule has 0 aliphatic carbocycles. The van der Waals surface area contributed by atoms with Gasteiger partial charge in [0.2, 0.25) is 12.2 Å². The van der Waals surface area contributed by atoms with Crippen LogP contribution >= 0.6 is 0 Å². The molecule has 2 amide bonds. The molecule has 1 heterocycles. The molecular weight excluding hydrogens is 409 g/mol. The smallest absolute Gasteiger partial charge is 0.321 e. The molecule has 1 unspecified atom stereocenters. The van der Waals surface area contributed by atoms with Gasteiger partial charge in [0, 0.05) is 31.0 Å². The zero-order chi connectivity index (χ0) is 23.1. The molecule has 8 nitrogen and oxygen atoms in total. The summed E-state index contributed by atoms with van der Waals surface area (Å²) in [4.78, 5) is 20.4. The molecule has 0 bridgehead atoms. The molecule has 0 radical (unpaired) electrons. The molecule has 1 aliphatic rings. The highest BCUT2D eigenvalue weighted by Gasteiger charge is 2.33. The summed E-state index contributed by atoms with van der Waals surface area (Å²) in [5, 5.41) is 24.2. The first kappa shape index (κ1) is 22.6. The maximum atomic E-state index is 13.4. The molecule has 1 aliphatic heterocycles. The average molecular weight is 433 g/mol. The van der Waals surface area contributed by atoms with Gasteiger partial charge in [-0.05, 0) is 42.3 Å². The van der Waals surface area contributed by atoms with Gasteiger partial charge in [-0.25, -0.2) is 9.18 Å². The van der Waals surface area contributed by atoms with E-state index in [9.17, 15) is 14.4 Å². The summed E-state index contributed by atoms with van der Waals surface area (Å²) in [6, 6.07) is 14.3. The molecule has 2 aromatic carbocycles. The summed E-state index contributed by atoms with van der Waals surface area (Å²) in [7, 11) is 0. The second-order valence-corrected chi connectivity index (χ2v) is 7.74. The Labute approximate surface area is 186 Å². The van der Waals surface area contributed by atoms with Crippen molar-refractivity contribution in [2.75, 3.05) is 30.3 Å². The number of halogens is 1. The number of amides is 2. The first-order valence-corrected chi connectivity index (χ1v) is 10.2. The number of aliphatic imine (C=N–C) groups is 1. The van der Waals surface area contributed by atoms with Crippen molar-refractivity contribution in [1.29, 1.82) is 10.5 Å². The molecule has 1 atom stereocenters. The van der Waals surface area contributed by atoms with Gasteiger partial charge in [-0.3, -0.25) is 0 Å². The zero-order valence-electron chi connectivity index (χ0n) is 17.9. The fraction of sp³-hybridized carbons (Fsp3) is 0.304. The topological polar surface area (TPSA) is 108 Å². The molecule has 0 spiro atoms. The van der Waals surface area contributed by atoms with Gasteiger partial charge < -0.3 is 20.4 Å². The average Bonchev–Trinajstić information content (AvgIpc) is 2.78. The van der Waals surface area contributed by atoms with Crippen LogP contribution in [0.5, 0.6) is 0 Å². The molecular formula is C23H24FN7O. The maximum Gasteiger partial charge on any atom is 0.321 e. The van der Waals surface area contributed by atoms with Crippen molar-refractivity contribution in [3.8, 4) is 12.3 Å². The summed E-state index contributed by atoms with van der Waals surface area (Å²) < 4.78 is 13.4. The number of hydrogen-bond donors (Lipinski definition) is 2. The van der Waals surface area contributed by atoms with E-state index < -0.39 is 5.82 Å². The minimum atomic E-state index is -0.420. The largest absolute Gasteiger partial charge is 0.335 e. The molecule has 2 N–H and O–H groups in total. The SMILES string of the molecule is CC(C)C1CN(C(=O)Nc2cccc(F)c2)CCN1/C(=N/C#N)Nc1cccc(C#N)c1. The van der Waals surface area contributed by atoms with E-state index in [4.69, 9.17) is 5.26 Å². The van der Waals surface area contributed by atoms with Crippen molar-refractivity contribution >= 4 is 23.4 Å². The fourth-order valence-electron chi connectivity index (χ4n) is 3.60. The first-order valence-electron chi connectivity index (χ1n) is 10.2. The number of urea groups is 1. The van der Waals surface area contributed by atoms with E-state index >= 15 is 0 Å². The van der Waals surface area contributed by atoms with Gasteiger partial charge in [0.25, 0.3) is 0 Å². The quantitative estimate of drug-likeness (QED) is 0.435. The van der Waals surface area contributed by atoms with Crippen LogP contribution in [-0.2, 0) is 0 Å². The zero-order valence-corrected chi connectivity index (χ0v) is 17.9. The second kappa shape index (κ2) is 10.3. The minimum Gasteiger partial charge on any atom is -0.335 e. The normalized spacial score (nSPS) is 16.3. The summed E-state index contributed by atoms with van der Waals surface area (Å²) >= 11 is 0.